The Labute approximate surface area is 133 Å². The second-order valence-corrected chi connectivity index (χ2v) is 6.66. The van der Waals surface area contributed by atoms with Gasteiger partial charge in [0.1, 0.15) is 5.82 Å². The molecule has 1 amide bonds. The van der Waals surface area contributed by atoms with Crippen LogP contribution in [0.5, 0.6) is 0 Å². The molecule has 1 aromatic carbocycles. The molecule has 1 heterocycles. The molecule has 5 heteroatoms. The van der Waals surface area contributed by atoms with Gasteiger partial charge in [-0.2, -0.15) is 0 Å². The van der Waals surface area contributed by atoms with Gasteiger partial charge in [-0.3, -0.25) is 4.79 Å². The zero-order valence-electron chi connectivity index (χ0n) is 12.3. The van der Waals surface area contributed by atoms with E-state index >= 15 is 0 Å². The second-order valence-electron chi connectivity index (χ2n) is 5.68. The summed E-state index contributed by atoms with van der Waals surface area (Å²) in [6, 6.07) is 5.26. The lowest BCUT2D eigenvalue weighted by molar-refractivity contribution is -0.121. The van der Waals surface area contributed by atoms with Gasteiger partial charge in [0.2, 0.25) is 5.91 Å². The topological polar surface area (TPSA) is 42.0 Å². The van der Waals surface area contributed by atoms with Crippen LogP contribution in [0.1, 0.15) is 47.7 Å². The summed E-state index contributed by atoms with van der Waals surface area (Å²) >= 11 is 1.60. The summed E-state index contributed by atoms with van der Waals surface area (Å²) in [5.74, 6) is 0.314. The fourth-order valence-corrected chi connectivity index (χ4v) is 3.12. The molecular formula is C17H19FN2OS. The van der Waals surface area contributed by atoms with Crippen molar-refractivity contribution in [1.29, 1.82) is 0 Å². The Morgan fingerprint density at radius 1 is 1.41 bits per heavy atom. The summed E-state index contributed by atoms with van der Waals surface area (Å²) in [7, 11) is 0. The molecule has 0 bridgehead atoms. The number of halogens is 1. The molecule has 1 N–H and O–H groups in total. The highest BCUT2D eigenvalue weighted by atomic mass is 32.1. The largest absolute Gasteiger partial charge is 0.352 e. The maximum Gasteiger partial charge on any atom is 0.220 e. The number of rotatable bonds is 7. The Morgan fingerprint density at radius 2 is 2.27 bits per heavy atom. The van der Waals surface area contributed by atoms with Crippen LogP contribution in [0.2, 0.25) is 0 Å². The first-order valence-electron chi connectivity index (χ1n) is 7.66. The smallest absolute Gasteiger partial charge is 0.220 e. The SMILES string of the molecule is O=C(CCCc1nccs1)NCc1cc(C2CC2)ccc1F. The number of carbonyl (C=O) groups is 1. The molecule has 1 aromatic heterocycles. The van der Waals surface area contributed by atoms with Gasteiger partial charge in [0.05, 0.1) is 5.01 Å². The molecule has 3 rings (SSSR count). The molecule has 1 saturated carbocycles. The van der Waals surface area contributed by atoms with Crippen LogP contribution >= 0.6 is 11.3 Å². The molecule has 3 nitrogen and oxygen atoms in total. The van der Waals surface area contributed by atoms with Crippen LogP contribution in [0.3, 0.4) is 0 Å². The number of thiazole rings is 1. The van der Waals surface area contributed by atoms with Gasteiger partial charge in [-0.15, -0.1) is 11.3 Å². The van der Waals surface area contributed by atoms with E-state index in [4.69, 9.17) is 0 Å². The molecule has 0 atom stereocenters. The average molecular weight is 318 g/mol. The Morgan fingerprint density at radius 3 is 3.00 bits per heavy atom. The van der Waals surface area contributed by atoms with Gasteiger partial charge in [-0.1, -0.05) is 12.1 Å². The lowest BCUT2D eigenvalue weighted by Gasteiger charge is -2.08. The van der Waals surface area contributed by atoms with Gasteiger partial charge in [-0.05, 0) is 43.2 Å². The van der Waals surface area contributed by atoms with Gasteiger partial charge >= 0.3 is 0 Å². The van der Waals surface area contributed by atoms with Gasteiger partial charge < -0.3 is 5.32 Å². The van der Waals surface area contributed by atoms with Gasteiger partial charge in [0.15, 0.2) is 0 Å². The van der Waals surface area contributed by atoms with Crippen molar-refractivity contribution in [2.75, 3.05) is 0 Å². The maximum absolute atomic E-state index is 13.8. The first-order valence-corrected chi connectivity index (χ1v) is 8.54. The molecule has 0 radical (unpaired) electrons. The predicted octanol–water partition coefficient (Wildman–Crippen LogP) is 3.80. The molecule has 0 saturated heterocycles. The van der Waals surface area contributed by atoms with Crippen molar-refractivity contribution in [3.05, 3.63) is 51.7 Å². The highest BCUT2D eigenvalue weighted by molar-refractivity contribution is 7.09. The third-order valence-electron chi connectivity index (χ3n) is 3.87. The minimum Gasteiger partial charge on any atom is -0.352 e. The summed E-state index contributed by atoms with van der Waals surface area (Å²) < 4.78 is 13.8. The number of hydrogen-bond acceptors (Lipinski definition) is 3. The number of benzene rings is 1. The number of amides is 1. The number of nitrogens with one attached hydrogen (secondary N) is 1. The van der Waals surface area contributed by atoms with Crippen molar-refractivity contribution in [3.63, 3.8) is 0 Å². The van der Waals surface area contributed by atoms with Crippen molar-refractivity contribution >= 4 is 17.2 Å². The average Bonchev–Trinajstić information content (AvgIpc) is 3.24. The Kier molecular flexibility index (Phi) is 4.83. The molecule has 22 heavy (non-hydrogen) atoms. The van der Waals surface area contributed by atoms with E-state index < -0.39 is 0 Å². The summed E-state index contributed by atoms with van der Waals surface area (Å²) in [6.45, 7) is 0.266. The van der Waals surface area contributed by atoms with Gasteiger partial charge in [0.25, 0.3) is 0 Å². The fourth-order valence-electron chi connectivity index (χ4n) is 2.46. The summed E-state index contributed by atoms with van der Waals surface area (Å²) in [4.78, 5) is 16.0. The number of hydrogen-bond donors (Lipinski definition) is 1. The second kappa shape index (κ2) is 7.01. The van der Waals surface area contributed by atoms with Crippen LogP contribution in [0.4, 0.5) is 4.39 Å². The Bertz CT molecular complexity index is 638. The van der Waals surface area contributed by atoms with Gasteiger partial charge in [0, 0.05) is 30.1 Å². The molecule has 2 aromatic rings. The molecule has 0 unspecified atom stereocenters. The van der Waals surface area contributed by atoms with Crippen LogP contribution < -0.4 is 5.32 Å². The van der Waals surface area contributed by atoms with Crippen molar-refractivity contribution in [1.82, 2.24) is 10.3 Å². The van der Waals surface area contributed by atoms with E-state index in [1.807, 2.05) is 17.5 Å². The molecule has 1 fully saturated rings. The highest BCUT2D eigenvalue weighted by Gasteiger charge is 2.24. The van der Waals surface area contributed by atoms with E-state index in [9.17, 15) is 9.18 Å². The quantitative estimate of drug-likeness (QED) is 0.844. The molecule has 0 aliphatic heterocycles. The first-order chi connectivity index (χ1) is 10.7. The predicted molar refractivity (Wildman–Crippen MR) is 85.3 cm³/mol. The highest BCUT2D eigenvalue weighted by Crippen LogP contribution is 2.40. The van der Waals surface area contributed by atoms with E-state index in [-0.39, 0.29) is 18.3 Å². The molecular weight excluding hydrogens is 299 g/mol. The number of aromatic nitrogens is 1. The monoisotopic (exact) mass is 318 g/mol. The zero-order chi connectivity index (χ0) is 15.4. The van der Waals surface area contributed by atoms with Crippen LogP contribution in [0.15, 0.2) is 29.8 Å². The van der Waals surface area contributed by atoms with Gasteiger partial charge in [-0.25, -0.2) is 9.37 Å². The third kappa shape index (κ3) is 4.13. The summed E-state index contributed by atoms with van der Waals surface area (Å²) in [6.07, 6.45) is 6.18. The third-order valence-corrected chi connectivity index (χ3v) is 4.71. The van der Waals surface area contributed by atoms with Crippen LogP contribution in [-0.4, -0.2) is 10.9 Å². The van der Waals surface area contributed by atoms with Crippen LogP contribution in [0.25, 0.3) is 0 Å². The minimum absolute atomic E-state index is 0.0345. The van der Waals surface area contributed by atoms with E-state index in [0.717, 1.165) is 17.8 Å². The molecule has 1 aliphatic carbocycles. The Balaban J connectivity index is 1.45. The lowest BCUT2D eigenvalue weighted by atomic mass is 10.1. The van der Waals surface area contributed by atoms with E-state index in [0.29, 0.717) is 17.9 Å². The minimum atomic E-state index is -0.243. The summed E-state index contributed by atoms with van der Waals surface area (Å²) in [5.41, 5.74) is 1.77. The van der Waals surface area contributed by atoms with Crippen LogP contribution in [0, 0.1) is 5.82 Å². The van der Waals surface area contributed by atoms with E-state index in [2.05, 4.69) is 10.3 Å². The van der Waals surface area contributed by atoms with Crippen molar-refractivity contribution in [2.45, 2.75) is 44.6 Å². The van der Waals surface area contributed by atoms with Crippen molar-refractivity contribution < 1.29 is 9.18 Å². The van der Waals surface area contributed by atoms with E-state index in [1.165, 1.54) is 24.5 Å². The Hall–Kier alpha value is -1.75. The lowest BCUT2D eigenvalue weighted by Crippen LogP contribution is -2.23. The van der Waals surface area contributed by atoms with E-state index in [1.54, 1.807) is 17.5 Å². The normalized spacial score (nSPS) is 14.0. The van der Waals surface area contributed by atoms with Crippen molar-refractivity contribution in [3.8, 4) is 0 Å². The molecule has 116 valence electrons. The number of aryl methyl sites for hydroxylation is 1. The molecule has 0 spiro atoms. The maximum atomic E-state index is 13.8. The first kappa shape index (κ1) is 15.2. The van der Waals surface area contributed by atoms with Crippen molar-refractivity contribution in [2.24, 2.45) is 0 Å². The number of nitrogens with zero attached hydrogens (tertiary/aromatic N) is 1. The summed E-state index contributed by atoms with van der Waals surface area (Å²) in [5, 5.41) is 5.80. The van der Waals surface area contributed by atoms with Crippen LogP contribution in [-0.2, 0) is 17.8 Å². The number of carbonyl (C=O) groups excluding carboxylic acids is 1. The zero-order valence-corrected chi connectivity index (χ0v) is 13.2. The molecule has 1 aliphatic rings. The standard InChI is InChI=1S/C17H19FN2OS/c18-15-7-6-13(12-4-5-12)10-14(15)11-20-16(21)2-1-3-17-19-8-9-22-17/h6-10,12H,1-5,11H2,(H,20,21). The fraction of sp³-hybridized carbons (Fsp3) is 0.412.